The molecule has 2 aromatic rings. The first-order valence-electron chi connectivity index (χ1n) is 8.32. The van der Waals surface area contributed by atoms with Crippen molar-refractivity contribution < 1.29 is 4.79 Å². The normalized spacial score (nSPS) is 14.2. The van der Waals surface area contributed by atoms with E-state index in [2.05, 4.69) is 11.6 Å². The fourth-order valence-electron chi connectivity index (χ4n) is 2.92. The first-order chi connectivity index (χ1) is 11.7. The number of carbonyl (C=O) groups excluding carboxylic acids is 1. The Bertz CT molecular complexity index is 721. The van der Waals surface area contributed by atoms with Crippen molar-refractivity contribution in [2.45, 2.75) is 32.4 Å². The molecule has 126 valence electrons. The molecule has 4 nitrogen and oxygen atoms in total. The molecule has 0 unspecified atom stereocenters. The van der Waals surface area contributed by atoms with Crippen LogP contribution >= 0.6 is 11.6 Å². The standard InChI is InChI=1S/C19H22ClN3O/c1-2-11-23(19(24)15-7-5-8-15)14-18-21-10-12-22(18)13-16-6-3-4-9-17(16)20/h2-4,6,9-10,12,15H,1,5,7-8,11,13-14H2. The van der Waals surface area contributed by atoms with Crippen LogP contribution in [0.25, 0.3) is 0 Å². The molecule has 1 fully saturated rings. The highest BCUT2D eigenvalue weighted by atomic mass is 35.5. The fourth-order valence-corrected chi connectivity index (χ4v) is 3.11. The van der Waals surface area contributed by atoms with E-state index in [1.165, 1.54) is 0 Å². The lowest BCUT2D eigenvalue weighted by Gasteiger charge is -2.31. The van der Waals surface area contributed by atoms with E-state index in [0.717, 1.165) is 35.7 Å². The summed E-state index contributed by atoms with van der Waals surface area (Å²) in [5.74, 6) is 1.26. The smallest absolute Gasteiger partial charge is 0.226 e. The van der Waals surface area contributed by atoms with Crippen LogP contribution in [0, 0.1) is 5.92 Å². The third-order valence-electron chi connectivity index (χ3n) is 4.55. The van der Waals surface area contributed by atoms with Crippen LogP contribution in [-0.2, 0) is 17.9 Å². The lowest BCUT2D eigenvalue weighted by atomic mass is 9.84. The van der Waals surface area contributed by atoms with Crippen LogP contribution < -0.4 is 0 Å². The predicted octanol–water partition coefficient (Wildman–Crippen LogP) is 3.90. The molecule has 0 spiro atoms. The van der Waals surface area contributed by atoms with Crippen LogP contribution in [0.5, 0.6) is 0 Å². The van der Waals surface area contributed by atoms with Gasteiger partial charge in [-0.3, -0.25) is 4.79 Å². The Morgan fingerprint density at radius 2 is 2.21 bits per heavy atom. The van der Waals surface area contributed by atoms with E-state index in [9.17, 15) is 4.79 Å². The number of rotatable bonds is 7. The third-order valence-corrected chi connectivity index (χ3v) is 4.92. The van der Waals surface area contributed by atoms with E-state index in [1.54, 1.807) is 12.3 Å². The minimum atomic E-state index is 0.178. The summed E-state index contributed by atoms with van der Waals surface area (Å²) >= 11 is 6.26. The van der Waals surface area contributed by atoms with Crippen molar-refractivity contribution in [3.05, 3.63) is 65.7 Å². The highest BCUT2D eigenvalue weighted by Crippen LogP contribution is 2.28. The lowest BCUT2D eigenvalue weighted by molar-refractivity contribution is -0.138. The second-order valence-electron chi connectivity index (χ2n) is 6.20. The van der Waals surface area contributed by atoms with Crippen molar-refractivity contribution in [3.8, 4) is 0 Å². The molecule has 1 aliphatic rings. The molecular weight excluding hydrogens is 322 g/mol. The molecule has 1 heterocycles. The van der Waals surface area contributed by atoms with Crippen molar-refractivity contribution in [3.63, 3.8) is 0 Å². The molecule has 1 aromatic carbocycles. The number of amides is 1. The molecule has 0 N–H and O–H groups in total. The first kappa shape index (κ1) is 16.8. The maximum atomic E-state index is 12.6. The molecule has 5 heteroatoms. The molecule has 1 saturated carbocycles. The van der Waals surface area contributed by atoms with Crippen LogP contribution in [-0.4, -0.2) is 26.9 Å². The van der Waals surface area contributed by atoms with Crippen molar-refractivity contribution in [1.29, 1.82) is 0 Å². The van der Waals surface area contributed by atoms with Crippen LogP contribution in [0.15, 0.2) is 49.3 Å². The summed E-state index contributed by atoms with van der Waals surface area (Å²) in [7, 11) is 0. The van der Waals surface area contributed by atoms with E-state index in [-0.39, 0.29) is 11.8 Å². The number of benzene rings is 1. The molecule has 3 rings (SSSR count). The molecule has 1 amide bonds. The van der Waals surface area contributed by atoms with Crippen LogP contribution in [0.2, 0.25) is 5.02 Å². The minimum Gasteiger partial charge on any atom is -0.331 e. The molecular formula is C19H22ClN3O. The molecule has 0 bridgehead atoms. The summed E-state index contributed by atoms with van der Waals surface area (Å²) in [6.45, 7) is 5.47. The van der Waals surface area contributed by atoms with Crippen molar-refractivity contribution in [2.24, 2.45) is 5.92 Å². The summed E-state index contributed by atoms with van der Waals surface area (Å²) in [6, 6.07) is 7.79. The summed E-state index contributed by atoms with van der Waals surface area (Å²) < 4.78 is 2.05. The van der Waals surface area contributed by atoms with E-state index in [4.69, 9.17) is 11.6 Å². The molecule has 24 heavy (non-hydrogen) atoms. The predicted molar refractivity (Wildman–Crippen MR) is 95.7 cm³/mol. The number of carbonyl (C=O) groups is 1. The van der Waals surface area contributed by atoms with Crippen LogP contribution in [0.1, 0.15) is 30.7 Å². The van der Waals surface area contributed by atoms with Crippen LogP contribution in [0.4, 0.5) is 0 Å². The van der Waals surface area contributed by atoms with Gasteiger partial charge < -0.3 is 9.47 Å². The van der Waals surface area contributed by atoms with E-state index in [0.29, 0.717) is 19.6 Å². The van der Waals surface area contributed by atoms with Gasteiger partial charge >= 0.3 is 0 Å². The van der Waals surface area contributed by atoms with Crippen molar-refractivity contribution in [1.82, 2.24) is 14.5 Å². The second kappa shape index (κ2) is 7.67. The second-order valence-corrected chi connectivity index (χ2v) is 6.61. The number of aromatic nitrogens is 2. The fraction of sp³-hybridized carbons (Fsp3) is 0.368. The largest absolute Gasteiger partial charge is 0.331 e. The van der Waals surface area contributed by atoms with Crippen LogP contribution in [0.3, 0.4) is 0 Å². The van der Waals surface area contributed by atoms with E-state index in [1.807, 2.05) is 39.9 Å². The minimum absolute atomic E-state index is 0.178. The Morgan fingerprint density at radius 1 is 1.42 bits per heavy atom. The average Bonchev–Trinajstić information content (AvgIpc) is 2.94. The number of hydrogen-bond acceptors (Lipinski definition) is 2. The molecule has 1 aromatic heterocycles. The maximum absolute atomic E-state index is 12.6. The van der Waals surface area contributed by atoms with Gasteiger partial charge in [-0.25, -0.2) is 4.98 Å². The SMILES string of the molecule is C=CCN(Cc1nccn1Cc1ccccc1Cl)C(=O)C1CCC1. The van der Waals surface area contributed by atoms with Gasteiger partial charge in [0.05, 0.1) is 13.1 Å². The Morgan fingerprint density at radius 3 is 2.88 bits per heavy atom. The summed E-state index contributed by atoms with van der Waals surface area (Å²) in [4.78, 5) is 18.9. The Kier molecular flexibility index (Phi) is 5.36. The van der Waals surface area contributed by atoms with Gasteiger partial charge in [-0.1, -0.05) is 42.3 Å². The zero-order chi connectivity index (χ0) is 16.9. The summed E-state index contributed by atoms with van der Waals surface area (Å²) in [5, 5.41) is 0.741. The van der Waals surface area contributed by atoms with Gasteiger partial charge in [-0.15, -0.1) is 6.58 Å². The number of hydrogen-bond donors (Lipinski definition) is 0. The van der Waals surface area contributed by atoms with Crippen molar-refractivity contribution in [2.75, 3.05) is 6.54 Å². The Balaban J connectivity index is 1.74. The highest BCUT2D eigenvalue weighted by molar-refractivity contribution is 6.31. The average molecular weight is 344 g/mol. The van der Waals surface area contributed by atoms with Gasteiger partial charge in [0.2, 0.25) is 5.91 Å². The monoisotopic (exact) mass is 343 g/mol. The number of imidazole rings is 1. The van der Waals surface area contributed by atoms with Gasteiger partial charge in [0.1, 0.15) is 5.82 Å². The van der Waals surface area contributed by atoms with E-state index < -0.39 is 0 Å². The highest BCUT2D eigenvalue weighted by Gasteiger charge is 2.29. The quantitative estimate of drug-likeness (QED) is 0.715. The topological polar surface area (TPSA) is 38.1 Å². The van der Waals surface area contributed by atoms with Gasteiger partial charge in [0.15, 0.2) is 0 Å². The third kappa shape index (κ3) is 3.70. The van der Waals surface area contributed by atoms with Gasteiger partial charge in [0, 0.05) is 29.9 Å². The van der Waals surface area contributed by atoms with Gasteiger partial charge in [-0.05, 0) is 24.5 Å². The molecule has 0 atom stereocenters. The molecule has 1 aliphatic carbocycles. The first-order valence-corrected chi connectivity index (χ1v) is 8.70. The summed E-state index contributed by atoms with van der Waals surface area (Å²) in [6.07, 6.45) is 8.63. The van der Waals surface area contributed by atoms with Gasteiger partial charge in [0.25, 0.3) is 0 Å². The molecule has 0 saturated heterocycles. The molecule has 0 aliphatic heterocycles. The number of halogens is 1. The zero-order valence-electron chi connectivity index (χ0n) is 13.7. The maximum Gasteiger partial charge on any atom is 0.226 e. The Hall–Kier alpha value is -2.07. The van der Waals surface area contributed by atoms with Crippen molar-refractivity contribution >= 4 is 17.5 Å². The summed E-state index contributed by atoms with van der Waals surface area (Å²) in [5.41, 5.74) is 1.04. The van der Waals surface area contributed by atoms with Gasteiger partial charge in [-0.2, -0.15) is 0 Å². The zero-order valence-corrected chi connectivity index (χ0v) is 14.5. The lowest BCUT2D eigenvalue weighted by Crippen LogP contribution is -2.39. The van der Waals surface area contributed by atoms with E-state index >= 15 is 0 Å². The Labute approximate surface area is 147 Å². The number of nitrogens with zero attached hydrogens (tertiary/aromatic N) is 3. The molecule has 0 radical (unpaired) electrons.